The first-order chi connectivity index (χ1) is 14.1. The smallest absolute Gasteiger partial charge is 0.277 e. The summed E-state index contributed by atoms with van der Waals surface area (Å²) in [5.41, 5.74) is 2.14. The van der Waals surface area contributed by atoms with Crippen LogP contribution in [0.15, 0.2) is 48.5 Å². The van der Waals surface area contributed by atoms with Gasteiger partial charge in [-0.1, -0.05) is 36.4 Å². The summed E-state index contributed by atoms with van der Waals surface area (Å²) in [6.07, 6.45) is 3.72. The zero-order chi connectivity index (χ0) is 20.6. The van der Waals surface area contributed by atoms with Crippen molar-refractivity contribution in [2.75, 3.05) is 27.2 Å². The van der Waals surface area contributed by atoms with Gasteiger partial charge in [0.05, 0.1) is 19.7 Å². The molecule has 5 heteroatoms. The lowest BCUT2D eigenvalue weighted by atomic mass is 10.0. The van der Waals surface area contributed by atoms with Crippen molar-refractivity contribution in [2.45, 2.75) is 45.4 Å². The highest BCUT2D eigenvalue weighted by atomic mass is 16.5. The summed E-state index contributed by atoms with van der Waals surface area (Å²) < 4.78 is 11.4. The maximum atomic E-state index is 12.7. The molecule has 3 rings (SSSR count). The van der Waals surface area contributed by atoms with Crippen LogP contribution in [0.2, 0.25) is 0 Å². The lowest BCUT2D eigenvalue weighted by Gasteiger charge is -2.31. The number of hydrogen-bond donors (Lipinski definition) is 1. The standard InChI is InChI=1S/C24H32N2O3/c1-19-9-7-8-14-26(19)17-24(27)25(2)16-21-12-13-22(23(15-21)28-3)29-18-20-10-5-4-6-11-20/h4-6,10-13,15,19H,7-9,14,16-18H2,1-3H3/p+1/t19-/m1/s1. The Morgan fingerprint density at radius 2 is 1.90 bits per heavy atom. The summed E-state index contributed by atoms with van der Waals surface area (Å²) in [7, 11) is 3.52. The summed E-state index contributed by atoms with van der Waals surface area (Å²) in [4.78, 5) is 15.9. The summed E-state index contributed by atoms with van der Waals surface area (Å²) in [5, 5.41) is 0. The van der Waals surface area contributed by atoms with E-state index in [-0.39, 0.29) is 5.91 Å². The molecule has 1 heterocycles. The molecule has 1 aliphatic rings. The van der Waals surface area contributed by atoms with Gasteiger partial charge in [-0.2, -0.15) is 0 Å². The number of likely N-dealkylation sites (tertiary alicyclic amines) is 1. The average Bonchev–Trinajstić information content (AvgIpc) is 2.75. The maximum absolute atomic E-state index is 12.7. The van der Waals surface area contributed by atoms with Crippen molar-refractivity contribution in [1.82, 2.24) is 4.90 Å². The van der Waals surface area contributed by atoms with Crippen molar-refractivity contribution < 1.29 is 19.2 Å². The van der Waals surface area contributed by atoms with E-state index in [9.17, 15) is 4.79 Å². The molecular weight excluding hydrogens is 364 g/mol. The van der Waals surface area contributed by atoms with E-state index in [2.05, 4.69) is 6.92 Å². The minimum Gasteiger partial charge on any atom is -0.493 e. The molecule has 2 aromatic rings. The third-order valence-electron chi connectivity index (χ3n) is 5.77. The minimum absolute atomic E-state index is 0.192. The molecule has 0 spiro atoms. The highest BCUT2D eigenvalue weighted by Crippen LogP contribution is 2.29. The zero-order valence-corrected chi connectivity index (χ0v) is 17.8. The molecule has 0 aromatic heterocycles. The number of carbonyl (C=O) groups is 1. The lowest BCUT2D eigenvalue weighted by Crippen LogP contribution is -3.17. The van der Waals surface area contributed by atoms with Crippen LogP contribution in [0.1, 0.15) is 37.3 Å². The Morgan fingerprint density at radius 1 is 1.10 bits per heavy atom. The highest BCUT2D eigenvalue weighted by Gasteiger charge is 2.25. The molecule has 0 aliphatic carbocycles. The Bertz CT molecular complexity index is 794. The molecule has 2 atom stereocenters. The largest absolute Gasteiger partial charge is 0.493 e. The Labute approximate surface area is 174 Å². The SMILES string of the molecule is COc1cc(CN(C)C(=O)C[NH+]2CCCC[C@H]2C)ccc1OCc1ccccc1. The number of benzene rings is 2. The number of quaternary nitrogens is 1. The number of methoxy groups -OCH3 is 1. The van der Waals surface area contributed by atoms with Crippen LogP contribution in [0.3, 0.4) is 0 Å². The maximum Gasteiger partial charge on any atom is 0.277 e. The van der Waals surface area contributed by atoms with Crippen molar-refractivity contribution in [2.24, 2.45) is 0 Å². The van der Waals surface area contributed by atoms with Gasteiger partial charge in [-0.3, -0.25) is 4.79 Å². The van der Waals surface area contributed by atoms with Gasteiger partial charge in [-0.15, -0.1) is 0 Å². The van der Waals surface area contributed by atoms with Crippen LogP contribution in [0.4, 0.5) is 0 Å². The van der Waals surface area contributed by atoms with E-state index >= 15 is 0 Å². The van der Waals surface area contributed by atoms with Crippen LogP contribution in [-0.2, 0) is 17.9 Å². The van der Waals surface area contributed by atoms with Crippen LogP contribution in [-0.4, -0.2) is 44.1 Å². The molecular formula is C24H33N2O3+. The van der Waals surface area contributed by atoms with Crippen molar-refractivity contribution in [3.8, 4) is 11.5 Å². The van der Waals surface area contributed by atoms with Crippen LogP contribution < -0.4 is 14.4 Å². The Kier molecular flexibility index (Phi) is 7.53. The van der Waals surface area contributed by atoms with Gasteiger partial charge in [0.15, 0.2) is 18.0 Å². The number of ether oxygens (including phenoxy) is 2. The third-order valence-corrected chi connectivity index (χ3v) is 5.77. The van der Waals surface area contributed by atoms with Crippen LogP contribution >= 0.6 is 0 Å². The fourth-order valence-electron chi connectivity index (χ4n) is 3.87. The first-order valence-electron chi connectivity index (χ1n) is 10.5. The molecule has 1 N–H and O–H groups in total. The van der Waals surface area contributed by atoms with E-state index in [1.807, 2.05) is 60.5 Å². The Morgan fingerprint density at radius 3 is 2.62 bits per heavy atom. The first kappa shape index (κ1) is 21.2. The van der Waals surface area contributed by atoms with E-state index in [4.69, 9.17) is 9.47 Å². The van der Waals surface area contributed by atoms with E-state index < -0.39 is 0 Å². The number of piperidine rings is 1. The predicted octanol–water partition coefficient (Wildman–Crippen LogP) is 2.69. The second-order valence-electron chi connectivity index (χ2n) is 7.99. The van der Waals surface area contributed by atoms with Crippen molar-refractivity contribution in [3.63, 3.8) is 0 Å². The Hall–Kier alpha value is -2.53. The lowest BCUT2D eigenvalue weighted by molar-refractivity contribution is -0.921. The number of likely N-dealkylation sites (N-methyl/N-ethyl adjacent to an activating group) is 1. The first-order valence-corrected chi connectivity index (χ1v) is 10.5. The predicted molar refractivity (Wildman–Crippen MR) is 114 cm³/mol. The molecule has 0 radical (unpaired) electrons. The number of nitrogens with zero attached hydrogens (tertiary/aromatic N) is 1. The molecule has 1 amide bonds. The zero-order valence-electron chi connectivity index (χ0n) is 17.8. The second kappa shape index (κ2) is 10.3. The topological polar surface area (TPSA) is 43.2 Å². The summed E-state index contributed by atoms with van der Waals surface area (Å²) in [6, 6.07) is 16.5. The van der Waals surface area contributed by atoms with Gasteiger partial charge in [0, 0.05) is 13.6 Å². The average molecular weight is 398 g/mol. The highest BCUT2D eigenvalue weighted by molar-refractivity contribution is 5.76. The van der Waals surface area contributed by atoms with Crippen molar-refractivity contribution >= 4 is 5.91 Å². The fourth-order valence-corrected chi connectivity index (χ4v) is 3.87. The minimum atomic E-state index is 0.192. The molecule has 29 heavy (non-hydrogen) atoms. The molecule has 156 valence electrons. The third kappa shape index (κ3) is 5.97. The molecule has 1 aliphatic heterocycles. The normalized spacial score (nSPS) is 18.9. The molecule has 1 unspecified atom stereocenters. The van der Waals surface area contributed by atoms with Crippen LogP contribution in [0.5, 0.6) is 11.5 Å². The van der Waals surface area contributed by atoms with E-state index in [0.29, 0.717) is 37.2 Å². The number of amides is 1. The van der Waals surface area contributed by atoms with Gasteiger partial charge in [0.25, 0.3) is 5.91 Å². The van der Waals surface area contributed by atoms with Gasteiger partial charge < -0.3 is 19.3 Å². The monoisotopic (exact) mass is 397 g/mol. The van der Waals surface area contributed by atoms with Gasteiger partial charge in [0.2, 0.25) is 0 Å². The molecule has 0 saturated carbocycles. The number of carbonyl (C=O) groups excluding carboxylic acids is 1. The number of nitrogens with one attached hydrogen (secondary N) is 1. The van der Waals surface area contributed by atoms with E-state index in [1.54, 1.807) is 7.11 Å². The molecule has 1 saturated heterocycles. The Balaban J connectivity index is 1.57. The quantitative estimate of drug-likeness (QED) is 0.745. The van der Waals surface area contributed by atoms with E-state index in [1.165, 1.54) is 24.2 Å². The molecule has 1 fully saturated rings. The van der Waals surface area contributed by atoms with E-state index in [0.717, 1.165) is 17.7 Å². The summed E-state index contributed by atoms with van der Waals surface area (Å²) in [5.74, 6) is 1.59. The molecule has 2 aromatic carbocycles. The van der Waals surface area contributed by atoms with Gasteiger partial charge in [0.1, 0.15) is 6.61 Å². The number of hydrogen-bond acceptors (Lipinski definition) is 3. The molecule has 5 nitrogen and oxygen atoms in total. The van der Waals surface area contributed by atoms with Crippen LogP contribution in [0, 0.1) is 0 Å². The fraction of sp³-hybridized carbons (Fsp3) is 0.458. The summed E-state index contributed by atoms with van der Waals surface area (Å²) in [6.45, 7) is 4.98. The van der Waals surface area contributed by atoms with Crippen molar-refractivity contribution in [3.05, 3.63) is 59.7 Å². The van der Waals surface area contributed by atoms with Gasteiger partial charge >= 0.3 is 0 Å². The number of rotatable bonds is 8. The summed E-state index contributed by atoms with van der Waals surface area (Å²) >= 11 is 0. The molecule has 0 bridgehead atoms. The van der Waals surface area contributed by atoms with Crippen LogP contribution in [0.25, 0.3) is 0 Å². The van der Waals surface area contributed by atoms with Gasteiger partial charge in [-0.25, -0.2) is 0 Å². The van der Waals surface area contributed by atoms with Gasteiger partial charge in [-0.05, 0) is 49.4 Å². The second-order valence-corrected chi connectivity index (χ2v) is 7.99. The van der Waals surface area contributed by atoms with Crippen molar-refractivity contribution in [1.29, 1.82) is 0 Å².